The number of sulfonamides is 1. The molecule has 3 N–H and O–H groups in total. The van der Waals surface area contributed by atoms with Crippen molar-refractivity contribution in [3.05, 3.63) is 75.5 Å². The SMILES string of the molecule is O=c1[nH]c(SCc2ccc(-c3ccc(S(=O)(=O)NC4CNC4)cc3)cc2F)nc2c1CCC2. The first kappa shape index (κ1) is 22.3. The Labute approximate surface area is 195 Å². The van der Waals surface area contributed by atoms with Gasteiger partial charge in [0, 0.05) is 30.4 Å². The lowest BCUT2D eigenvalue weighted by Gasteiger charge is -2.27. The largest absolute Gasteiger partial charge is 0.313 e. The number of thioether (sulfide) groups is 1. The van der Waals surface area contributed by atoms with Gasteiger partial charge in [0.15, 0.2) is 5.16 Å². The molecule has 0 unspecified atom stereocenters. The van der Waals surface area contributed by atoms with Gasteiger partial charge in [0.25, 0.3) is 5.56 Å². The standard InChI is InChI=1S/C23H23FN4O3S2/c24-20-10-15(14-6-8-18(9-7-14)33(30,31)28-17-11-25-12-17)4-5-16(20)13-32-23-26-21-3-1-2-19(21)22(29)27-23/h4-10,17,25,28H,1-3,11-13H2,(H,26,27,29). The molecule has 1 saturated heterocycles. The summed E-state index contributed by atoms with van der Waals surface area (Å²) >= 11 is 1.30. The quantitative estimate of drug-likeness (QED) is 0.350. The van der Waals surface area contributed by atoms with Gasteiger partial charge in [0.2, 0.25) is 10.0 Å². The van der Waals surface area contributed by atoms with Crippen molar-refractivity contribution >= 4 is 21.8 Å². The molecule has 1 fully saturated rings. The monoisotopic (exact) mass is 486 g/mol. The average molecular weight is 487 g/mol. The summed E-state index contributed by atoms with van der Waals surface area (Å²) in [6.07, 6.45) is 2.51. The highest BCUT2D eigenvalue weighted by Crippen LogP contribution is 2.27. The van der Waals surface area contributed by atoms with Crippen LogP contribution in [0.3, 0.4) is 0 Å². The maximum absolute atomic E-state index is 14.8. The highest BCUT2D eigenvalue weighted by molar-refractivity contribution is 7.98. The van der Waals surface area contributed by atoms with Crippen molar-refractivity contribution in [2.24, 2.45) is 0 Å². The Kier molecular flexibility index (Phi) is 6.09. The van der Waals surface area contributed by atoms with Crippen LogP contribution in [-0.4, -0.2) is 37.5 Å². The third-order valence-corrected chi connectivity index (χ3v) is 8.40. The van der Waals surface area contributed by atoms with Gasteiger partial charge in [-0.2, -0.15) is 0 Å². The number of aromatic nitrogens is 2. The first-order valence-electron chi connectivity index (χ1n) is 10.8. The van der Waals surface area contributed by atoms with Crippen LogP contribution in [0.4, 0.5) is 4.39 Å². The molecule has 0 spiro atoms. The summed E-state index contributed by atoms with van der Waals surface area (Å²) in [6, 6.07) is 11.3. The van der Waals surface area contributed by atoms with Crippen molar-refractivity contribution in [2.45, 2.75) is 41.1 Å². The number of fused-ring (bicyclic) bond motifs is 1. The molecule has 7 nitrogen and oxygen atoms in total. The maximum atomic E-state index is 14.8. The predicted octanol–water partition coefficient (Wildman–Crippen LogP) is 2.61. The molecule has 0 amide bonds. The van der Waals surface area contributed by atoms with E-state index in [-0.39, 0.29) is 22.3 Å². The third kappa shape index (κ3) is 4.74. The van der Waals surface area contributed by atoms with E-state index in [0.717, 1.165) is 36.1 Å². The topological polar surface area (TPSA) is 104 Å². The Morgan fingerprint density at radius 2 is 1.85 bits per heavy atom. The summed E-state index contributed by atoms with van der Waals surface area (Å²) in [5.74, 6) is -0.0217. The molecule has 0 saturated carbocycles. The number of nitrogens with one attached hydrogen (secondary N) is 3. The number of H-pyrrole nitrogens is 1. The smallest absolute Gasteiger partial charge is 0.254 e. The lowest BCUT2D eigenvalue weighted by Crippen LogP contribution is -2.56. The van der Waals surface area contributed by atoms with Gasteiger partial charge >= 0.3 is 0 Å². The summed E-state index contributed by atoms with van der Waals surface area (Å²) in [4.78, 5) is 19.6. The highest BCUT2D eigenvalue weighted by atomic mass is 32.2. The van der Waals surface area contributed by atoms with Gasteiger partial charge in [-0.15, -0.1) is 0 Å². The van der Waals surface area contributed by atoms with E-state index in [1.807, 2.05) is 0 Å². The van der Waals surface area contributed by atoms with Crippen LogP contribution in [0.15, 0.2) is 57.3 Å². The molecule has 33 heavy (non-hydrogen) atoms. The van der Waals surface area contributed by atoms with Gasteiger partial charge in [-0.3, -0.25) is 4.79 Å². The second-order valence-corrected chi connectivity index (χ2v) is 10.9. The number of aromatic amines is 1. The van der Waals surface area contributed by atoms with E-state index in [1.54, 1.807) is 24.3 Å². The third-order valence-electron chi connectivity index (χ3n) is 5.94. The van der Waals surface area contributed by atoms with Gasteiger partial charge in [-0.1, -0.05) is 36.0 Å². The lowest BCUT2D eigenvalue weighted by atomic mass is 10.0. The van der Waals surface area contributed by atoms with Crippen LogP contribution >= 0.6 is 11.8 Å². The van der Waals surface area contributed by atoms with Crippen LogP contribution in [0, 0.1) is 5.82 Å². The predicted molar refractivity (Wildman–Crippen MR) is 125 cm³/mol. The van der Waals surface area contributed by atoms with E-state index in [4.69, 9.17) is 0 Å². The minimum absolute atomic E-state index is 0.0842. The minimum Gasteiger partial charge on any atom is -0.313 e. The molecule has 1 aliphatic carbocycles. The number of rotatable bonds is 7. The number of hydrogen-bond acceptors (Lipinski definition) is 6. The van der Waals surface area contributed by atoms with E-state index in [1.165, 1.54) is 30.0 Å². The minimum atomic E-state index is -3.57. The van der Waals surface area contributed by atoms with Crippen molar-refractivity contribution in [1.29, 1.82) is 0 Å². The molecule has 2 aliphatic rings. The molecule has 10 heteroatoms. The Morgan fingerprint density at radius 3 is 2.55 bits per heavy atom. The fourth-order valence-electron chi connectivity index (χ4n) is 3.96. The normalized spacial score (nSPS) is 15.9. The molecule has 1 aliphatic heterocycles. The molecular formula is C23H23FN4O3S2. The zero-order valence-corrected chi connectivity index (χ0v) is 19.4. The van der Waals surface area contributed by atoms with Gasteiger partial charge in [0.1, 0.15) is 5.82 Å². The zero-order valence-electron chi connectivity index (χ0n) is 17.7. The maximum Gasteiger partial charge on any atom is 0.254 e. The summed E-state index contributed by atoms with van der Waals surface area (Å²) < 4.78 is 42.3. The summed E-state index contributed by atoms with van der Waals surface area (Å²) in [5.41, 5.74) is 3.41. The van der Waals surface area contributed by atoms with Gasteiger partial charge in [-0.05, 0) is 54.2 Å². The van der Waals surface area contributed by atoms with Crippen molar-refractivity contribution in [3.63, 3.8) is 0 Å². The Bertz CT molecular complexity index is 1350. The van der Waals surface area contributed by atoms with E-state index in [2.05, 4.69) is 20.0 Å². The molecule has 172 valence electrons. The number of nitrogens with zero attached hydrogens (tertiary/aromatic N) is 1. The van der Waals surface area contributed by atoms with Crippen LogP contribution in [0.1, 0.15) is 23.2 Å². The Balaban J connectivity index is 1.28. The van der Waals surface area contributed by atoms with Gasteiger partial charge in [-0.25, -0.2) is 22.5 Å². The molecule has 0 bridgehead atoms. The molecule has 2 heterocycles. The fourth-order valence-corrected chi connectivity index (χ4v) is 6.07. The Morgan fingerprint density at radius 1 is 1.09 bits per heavy atom. The number of aryl methyl sites for hydroxylation is 1. The lowest BCUT2D eigenvalue weighted by molar-refractivity contribution is 0.410. The van der Waals surface area contributed by atoms with E-state index in [9.17, 15) is 17.6 Å². The van der Waals surface area contributed by atoms with Crippen LogP contribution in [0.2, 0.25) is 0 Å². The van der Waals surface area contributed by atoms with Crippen LogP contribution in [0.5, 0.6) is 0 Å². The number of benzene rings is 2. The molecular weight excluding hydrogens is 463 g/mol. The second-order valence-electron chi connectivity index (χ2n) is 8.25. The van der Waals surface area contributed by atoms with Gasteiger partial charge < -0.3 is 10.3 Å². The van der Waals surface area contributed by atoms with Crippen molar-refractivity contribution in [3.8, 4) is 11.1 Å². The average Bonchev–Trinajstić information content (AvgIpc) is 3.25. The van der Waals surface area contributed by atoms with Crippen LogP contribution < -0.4 is 15.6 Å². The molecule has 2 aromatic carbocycles. The van der Waals surface area contributed by atoms with E-state index < -0.39 is 10.0 Å². The summed E-state index contributed by atoms with van der Waals surface area (Å²) in [6.45, 7) is 1.25. The molecule has 3 aromatic rings. The zero-order chi connectivity index (χ0) is 23.0. The second kappa shape index (κ2) is 9.02. The first-order chi connectivity index (χ1) is 15.9. The molecule has 0 atom stereocenters. The molecule has 1 aromatic heterocycles. The first-order valence-corrected chi connectivity index (χ1v) is 13.2. The highest BCUT2D eigenvalue weighted by Gasteiger charge is 2.24. The summed E-state index contributed by atoms with van der Waals surface area (Å²) in [7, 11) is -3.57. The fraction of sp³-hybridized carbons (Fsp3) is 0.304. The van der Waals surface area contributed by atoms with Crippen molar-refractivity contribution < 1.29 is 12.8 Å². The van der Waals surface area contributed by atoms with Gasteiger partial charge in [0.05, 0.1) is 10.6 Å². The molecule has 5 rings (SSSR count). The number of hydrogen-bond donors (Lipinski definition) is 3. The van der Waals surface area contributed by atoms with Crippen LogP contribution in [0.25, 0.3) is 11.1 Å². The van der Waals surface area contributed by atoms with Crippen molar-refractivity contribution in [1.82, 2.24) is 20.0 Å². The van der Waals surface area contributed by atoms with E-state index >= 15 is 0 Å². The van der Waals surface area contributed by atoms with Crippen LogP contribution in [-0.2, 0) is 28.6 Å². The van der Waals surface area contributed by atoms with E-state index in [0.29, 0.717) is 35.1 Å². The Hall–Kier alpha value is -2.53. The van der Waals surface area contributed by atoms with Crippen molar-refractivity contribution in [2.75, 3.05) is 13.1 Å². The molecule has 0 radical (unpaired) electrons. The summed E-state index contributed by atoms with van der Waals surface area (Å²) in [5, 5.41) is 3.53. The number of halogens is 1.